The van der Waals surface area contributed by atoms with Crippen molar-refractivity contribution in [2.45, 2.75) is 0 Å². The predicted molar refractivity (Wildman–Crippen MR) is 68.9 cm³/mol. The van der Waals surface area contributed by atoms with E-state index in [0.29, 0.717) is 11.3 Å². The lowest BCUT2D eigenvalue weighted by Crippen LogP contribution is -2.10. The number of nitrogen functional groups attached to an aromatic ring is 1. The van der Waals surface area contributed by atoms with Crippen molar-refractivity contribution in [3.8, 4) is 11.5 Å². The van der Waals surface area contributed by atoms with Gasteiger partial charge in [0, 0.05) is 5.56 Å². The molecule has 0 radical (unpaired) electrons. The lowest BCUT2D eigenvalue weighted by Gasteiger charge is -2.09. The van der Waals surface area contributed by atoms with Gasteiger partial charge in [0.05, 0.1) is 5.02 Å². The number of amidine groups is 1. The summed E-state index contributed by atoms with van der Waals surface area (Å²) in [7, 11) is 0. The maximum Gasteiger partial charge on any atom is 0.165 e. The normalized spacial score (nSPS) is 10.1. The first-order chi connectivity index (χ1) is 8.58. The molecule has 0 fully saturated rings. The predicted octanol–water partition coefficient (Wildman–Crippen LogP) is 3.56. The van der Waals surface area contributed by atoms with E-state index in [1.54, 1.807) is 24.3 Å². The van der Waals surface area contributed by atoms with Crippen molar-refractivity contribution in [1.82, 2.24) is 0 Å². The van der Waals surface area contributed by atoms with Gasteiger partial charge in [-0.2, -0.15) is 0 Å². The summed E-state index contributed by atoms with van der Waals surface area (Å²) >= 11 is 5.98. The van der Waals surface area contributed by atoms with Crippen LogP contribution in [0.5, 0.6) is 11.5 Å². The summed E-state index contributed by atoms with van der Waals surface area (Å²) in [6.45, 7) is 0. The average Bonchev–Trinajstić information content (AvgIpc) is 2.34. The van der Waals surface area contributed by atoms with E-state index >= 15 is 0 Å². The lowest BCUT2D eigenvalue weighted by atomic mass is 10.2. The number of halogens is 2. The average molecular weight is 265 g/mol. The van der Waals surface area contributed by atoms with Crippen LogP contribution in [0.25, 0.3) is 0 Å². The van der Waals surface area contributed by atoms with Gasteiger partial charge in [0.1, 0.15) is 11.6 Å². The van der Waals surface area contributed by atoms with Crippen LogP contribution >= 0.6 is 11.6 Å². The van der Waals surface area contributed by atoms with E-state index in [2.05, 4.69) is 0 Å². The van der Waals surface area contributed by atoms with Crippen LogP contribution in [-0.2, 0) is 0 Å². The first-order valence-electron chi connectivity index (χ1n) is 5.14. The summed E-state index contributed by atoms with van der Waals surface area (Å²) < 4.78 is 18.7. The lowest BCUT2D eigenvalue weighted by molar-refractivity contribution is 0.442. The molecule has 18 heavy (non-hydrogen) atoms. The Labute approximate surface area is 108 Å². The summed E-state index contributed by atoms with van der Waals surface area (Å²) in [5, 5.41) is 7.55. The Kier molecular flexibility index (Phi) is 3.48. The third kappa shape index (κ3) is 2.60. The Bertz CT molecular complexity index is 601. The van der Waals surface area contributed by atoms with E-state index in [-0.39, 0.29) is 16.6 Å². The Hall–Kier alpha value is -2.07. The number of benzene rings is 2. The minimum absolute atomic E-state index is 0.0886. The van der Waals surface area contributed by atoms with Crippen LogP contribution in [0.1, 0.15) is 5.56 Å². The topological polar surface area (TPSA) is 59.1 Å². The van der Waals surface area contributed by atoms with E-state index in [9.17, 15) is 4.39 Å². The van der Waals surface area contributed by atoms with E-state index in [1.165, 1.54) is 18.2 Å². The van der Waals surface area contributed by atoms with Gasteiger partial charge in [0.2, 0.25) is 0 Å². The number of ether oxygens (including phenoxy) is 1. The van der Waals surface area contributed by atoms with Gasteiger partial charge in [-0.05, 0) is 30.3 Å². The number of rotatable bonds is 3. The Morgan fingerprint density at radius 1 is 1.17 bits per heavy atom. The standard InChI is InChI=1S/C13H10ClFN2O/c14-9-7-8(13(16)17)5-6-11(9)18-12-4-2-1-3-10(12)15/h1-7H,(H3,16,17). The maximum atomic E-state index is 13.4. The fraction of sp³-hybridized carbons (Fsp3) is 0. The number of para-hydroxylation sites is 1. The summed E-state index contributed by atoms with van der Waals surface area (Å²) in [6, 6.07) is 10.7. The molecule has 0 spiro atoms. The summed E-state index contributed by atoms with van der Waals surface area (Å²) in [5.41, 5.74) is 5.82. The highest BCUT2D eigenvalue weighted by molar-refractivity contribution is 6.32. The number of hydrogen-bond donors (Lipinski definition) is 2. The van der Waals surface area contributed by atoms with E-state index in [1.807, 2.05) is 0 Å². The van der Waals surface area contributed by atoms with Crippen LogP contribution in [-0.4, -0.2) is 5.84 Å². The molecule has 5 heteroatoms. The zero-order chi connectivity index (χ0) is 13.1. The number of hydrogen-bond acceptors (Lipinski definition) is 2. The van der Waals surface area contributed by atoms with Crippen LogP contribution in [0.4, 0.5) is 4.39 Å². The zero-order valence-corrected chi connectivity index (χ0v) is 10.0. The van der Waals surface area contributed by atoms with Crippen LogP contribution in [0.3, 0.4) is 0 Å². The molecule has 0 atom stereocenters. The van der Waals surface area contributed by atoms with E-state index in [0.717, 1.165) is 0 Å². The van der Waals surface area contributed by atoms with Crippen LogP contribution in [0, 0.1) is 11.2 Å². The highest BCUT2D eigenvalue weighted by atomic mass is 35.5. The molecule has 2 rings (SSSR count). The molecule has 0 aromatic heterocycles. The van der Waals surface area contributed by atoms with Crippen LogP contribution < -0.4 is 10.5 Å². The molecule has 0 saturated carbocycles. The molecule has 2 aromatic carbocycles. The molecule has 3 nitrogen and oxygen atoms in total. The van der Waals surface area contributed by atoms with Gasteiger partial charge >= 0.3 is 0 Å². The summed E-state index contributed by atoms with van der Waals surface area (Å²) in [5.74, 6) is -0.153. The van der Waals surface area contributed by atoms with Crippen molar-refractivity contribution in [3.63, 3.8) is 0 Å². The molecule has 0 amide bonds. The van der Waals surface area contributed by atoms with Gasteiger partial charge < -0.3 is 10.5 Å². The molecule has 0 saturated heterocycles. The van der Waals surface area contributed by atoms with Gasteiger partial charge in [0.15, 0.2) is 11.6 Å². The van der Waals surface area contributed by atoms with Gasteiger partial charge in [0.25, 0.3) is 0 Å². The zero-order valence-electron chi connectivity index (χ0n) is 9.28. The Morgan fingerprint density at radius 3 is 2.50 bits per heavy atom. The van der Waals surface area contributed by atoms with Crippen molar-refractivity contribution >= 4 is 17.4 Å². The molecule has 0 aliphatic carbocycles. The Morgan fingerprint density at radius 2 is 1.89 bits per heavy atom. The molecule has 0 aliphatic rings. The van der Waals surface area contributed by atoms with E-state index < -0.39 is 5.82 Å². The quantitative estimate of drug-likeness (QED) is 0.658. The third-order valence-electron chi connectivity index (χ3n) is 2.30. The summed E-state index contributed by atoms with van der Waals surface area (Å²) in [6.07, 6.45) is 0. The SMILES string of the molecule is N=C(N)c1ccc(Oc2ccccc2F)c(Cl)c1. The third-order valence-corrected chi connectivity index (χ3v) is 2.59. The van der Waals surface area contributed by atoms with Crippen LogP contribution in [0.2, 0.25) is 5.02 Å². The second-order valence-corrected chi connectivity index (χ2v) is 4.00. The second kappa shape index (κ2) is 5.06. The minimum atomic E-state index is -0.468. The highest BCUT2D eigenvalue weighted by Gasteiger charge is 2.08. The molecular weight excluding hydrogens is 255 g/mol. The fourth-order valence-corrected chi connectivity index (χ4v) is 1.62. The van der Waals surface area contributed by atoms with Gasteiger partial charge in [-0.15, -0.1) is 0 Å². The molecule has 0 heterocycles. The molecule has 92 valence electrons. The molecule has 0 bridgehead atoms. The van der Waals surface area contributed by atoms with Crippen LogP contribution in [0.15, 0.2) is 42.5 Å². The number of nitrogens with one attached hydrogen (secondary N) is 1. The van der Waals surface area contributed by atoms with Crippen molar-refractivity contribution in [3.05, 3.63) is 58.9 Å². The second-order valence-electron chi connectivity index (χ2n) is 3.59. The largest absolute Gasteiger partial charge is 0.453 e. The van der Waals surface area contributed by atoms with Gasteiger partial charge in [-0.25, -0.2) is 4.39 Å². The minimum Gasteiger partial charge on any atom is -0.453 e. The molecular formula is C13H10ClFN2O. The number of nitrogens with two attached hydrogens (primary N) is 1. The highest BCUT2D eigenvalue weighted by Crippen LogP contribution is 2.31. The molecule has 2 aromatic rings. The smallest absolute Gasteiger partial charge is 0.165 e. The van der Waals surface area contributed by atoms with E-state index in [4.69, 9.17) is 27.5 Å². The first kappa shape index (κ1) is 12.4. The molecule has 0 unspecified atom stereocenters. The molecule has 3 N–H and O–H groups in total. The molecule has 0 aliphatic heterocycles. The maximum absolute atomic E-state index is 13.4. The van der Waals surface area contributed by atoms with Crippen molar-refractivity contribution in [2.24, 2.45) is 5.73 Å². The fourth-order valence-electron chi connectivity index (χ4n) is 1.40. The van der Waals surface area contributed by atoms with Crippen molar-refractivity contribution in [2.75, 3.05) is 0 Å². The van der Waals surface area contributed by atoms with Crippen molar-refractivity contribution < 1.29 is 9.13 Å². The van der Waals surface area contributed by atoms with Gasteiger partial charge in [-0.1, -0.05) is 23.7 Å². The summed E-state index contributed by atoms with van der Waals surface area (Å²) in [4.78, 5) is 0. The van der Waals surface area contributed by atoms with Gasteiger partial charge in [-0.3, -0.25) is 5.41 Å². The first-order valence-corrected chi connectivity index (χ1v) is 5.52. The monoisotopic (exact) mass is 264 g/mol. The Balaban J connectivity index is 2.30. The van der Waals surface area contributed by atoms with Crippen molar-refractivity contribution in [1.29, 1.82) is 5.41 Å².